The van der Waals surface area contributed by atoms with E-state index in [0.29, 0.717) is 13.0 Å². The molecule has 0 aromatic carbocycles. The van der Waals surface area contributed by atoms with Crippen LogP contribution < -0.4 is 10.6 Å². The predicted octanol–water partition coefficient (Wildman–Crippen LogP) is -0.436. The van der Waals surface area contributed by atoms with Crippen molar-refractivity contribution < 1.29 is 13.9 Å². The molecule has 1 heterocycles. The Morgan fingerprint density at radius 3 is 2.92 bits per heavy atom. The average Bonchev–Trinajstić information content (AvgIpc) is 2.03. The summed E-state index contributed by atoms with van der Waals surface area (Å²) < 4.78 is 23.5. The van der Waals surface area contributed by atoms with Crippen molar-refractivity contribution in [1.29, 1.82) is 0 Å². The Morgan fingerprint density at radius 1 is 1.58 bits per heavy atom. The van der Waals surface area contributed by atoms with Crippen LogP contribution in [0, 0.1) is 0 Å². The second-order valence-electron chi connectivity index (χ2n) is 2.97. The average molecular weight is 180 g/mol. The summed E-state index contributed by atoms with van der Waals surface area (Å²) in [5.74, 6) is 0. The Balaban J connectivity index is 2.20. The first kappa shape index (κ1) is 9.83. The molecule has 0 unspecified atom stereocenters. The van der Waals surface area contributed by atoms with E-state index in [4.69, 9.17) is 0 Å². The van der Waals surface area contributed by atoms with Crippen LogP contribution in [0.15, 0.2) is 0 Å². The van der Waals surface area contributed by atoms with Gasteiger partial charge in [0.15, 0.2) is 0 Å². The molecule has 0 radical (unpaired) electrons. The largest absolute Gasteiger partial charge is 0.391 e. The molecule has 0 amide bonds. The molecule has 2 atom stereocenters. The van der Waals surface area contributed by atoms with Gasteiger partial charge in [-0.3, -0.25) is 0 Å². The monoisotopic (exact) mass is 180 g/mol. The minimum absolute atomic E-state index is 0.229. The minimum atomic E-state index is -2.35. The minimum Gasteiger partial charge on any atom is -0.391 e. The molecular weight excluding hydrogens is 166 g/mol. The normalized spacial score (nSPS) is 31.0. The smallest absolute Gasteiger partial charge is 0.250 e. The SMILES string of the molecule is O[C@H]1CCNC[C@@H]1NCC(F)F. The molecule has 0 bridgehead atoms. The zero-order chi connectivity index (χ0) is 8.97. The molecule has 72 valence electrons. The van der Waals surface area contributed by atoms with Crippen molar-refractivity contribution in [3.05, 3.63) is 0 Å². The Bertz CT molecular complexity index is 135. The fraction of sp³-hybridized carbons (Fsp3) is 1.00. The van der Waals surface area contributed by atoms with E-state index in [1.165, 1.54) is 0 Å². The van der Waals surface area contributed by atoms with Gasteiger partial charge >= 0.3 is 0 Å². The number of piperidine rings is 1. The maximum Gasteiger partial charge on any atom is 0.250 e. The third kappa shape index (κ3) is 3.00. The van der Waals surface area contributed by atoms with Crippen LogP contribution in [-0.4, -0.2) is 43.3 Å². The molecule has 1 aliphatic heterocycles. The third-order valence-corrected chi connectivity index (χ3v) is 1.98. The lowest BCUT2D eigenvalue weighted by Gasteiger charge is -2.29. The van der Waals surface area contributed by atoms with Gasteiger partial charge in [-0.15, -0.1) is 0 Å². The van der Waals surface area contributed by atoms with Gasteiger partial charge in [0, 0.05) is 12.6 Å². The zero-order valence-electron chi connectivity index (χ0n) is 6.76. The lowest BCUT2D eigenvalue weighted by Crippen LogP contribution is -2.52. The number of hydrogen-bond donors (Lipinski definition) is 3. The molecule has 3 N–H and O–H groups in total. The summed E-state index contributed by atoms with van der Waals surface area (Å²) in [6.45, 7) is 0.977. The molecule has 0 aromatic heterocycles. The van der Waals surface area contributed by atoms with Crippen LogP contribution in [0.3, 0.4) is 0 Å². The number of aliphatic hydroxyl groups is 1. The van der Waals surface area contributed by atoms with Crippen LogP contribution >= 0.6 is 0 Å². The van der Waals surface area contributed by atoms with Crippen molar-refractivity contribution in [2.24, 2.45) is 0 Å². The van der Waals surface area contributed by atoms with Crippen molar-refractivity contribution in [2.75, 3.05) is 19.6 Å². The highest BCUT2D eigenvalue weighted by Crippen LogP contribution is 2.03. The highest BCUT2D eigenvalue weighted by atomic mass is 19.3. The summed E-state index contributed by atoms with van der Waals surface area (Å²) in [4.78, 5) is 0. The summed E-state index contributed by atoms with van der Waals surface area (Å²) in [6, 6.07) is -0.229. The van der Waals surface area contributed by atoms with Gasteiger partial charge in [-0.25, -0.2) is 8.78 Å². The van der Waals surface area contributed by atoms with Crippen LogP contribution in [0.2, 0.25) is 0 Å². The number of nitrogens with one attached hydrogen (secondary N) is 2. The van der Waals surface area contributed by atoms with E-state index >= 15 is 0 Å². The Labute approximate surface area is 70.1 Å². The second kappa shape index (κ2) is 4.69. The van der Waals surface area contributed by atoms with Crippen molar-refractivity contribution in [2.45, 2.75) is 25.0 Å². The molecule has 1 aliphatic rings. The quantitative estimate of drug-likeness (QED) is 0.552. The fourth-order valence-corrected chi connectivity index (χ4v) is 1.29. The molecule has 1 saturated heterocycles. The highest BCUT2D eigenvalue weighted by Gasteiger charge is 2.22. The topological polar surface area (TPSA) is 44.3 Å². The molecular formula is C7H14F2N2O. The number of hydrogen-bond acceptors (Lipinski definition) is 3. The van der Waals surface area contributed by atoms with E-state index in [1.54, 1.807) is 0 Å². The lowest BCUT2D eigenvalue weighted by atomic mass is 10.0. The summed E-state index contributed by atoms with van der Waals surface area (Å²) in [5.41, 5.74) is 0. The first-order valence-corrected chi connectivity index (χ1v) is 4.10. The van der Waals surface area contributed by atoms with Gasteiger partial charge in [-0.2, -0.15) is 0 Å². The summed E-state index contributed by atoms with van der Waals surface area (Å²) >= 11 is 0. The molecule has 1 fully saturated rings. The molecule has 1 rings (SSSR count). The van der Waals surface area contributed by atoms with Crippen molar-refractivity contribution >= 4 is 0 Å². The molecule has 12 heavy (non-hydrogen) atoms. The second-order valence-corrected chi connectivity index (χ2v) is 2.97. The van der Waals surface area contributed by atoms with Crippen LogP contribution in [0.4, 0.5) is 8.78 Å². The highest BCUT2D eigenvalue weighted by molar-refractivity contribution is 4.83. The van der Waals surface area contributed by atoms with Crippen LogP contribution in [-0.2, 0) is 0 Å². The summed E-state index contributed by atoms with van der Waals surface area (Å²) in [6.07, 6.45) is -2.22. The number of alkyl halides is 2. The van der Waals surface area contributed by atoms with E-state index < -0.39 is 12.5 Å². The van der Waals surface area contributed by atoms with Crippen molar-refractivity contribution in [1.82, 2.24) is 10.6 Å². The van der Waals surface area contributed by atoms with Gasteiger partial charge in [0.05, 0.1) is 12.6 Å². The maximum atomic E-state index is 11.8. The maximum absolute atomic E-state index is 11.8. The van der Waals surface area contributed by atoms with Crippen LogP contribution in [0.25, 0.3) is 0 Å². The summed E-state index contributed by atoms with van der Waals surface area (Å²) in [5, 5.41) is 15.0. The molecule has 0 aromatic rings. The standard InChI is InChI=1S/C7H14F2N2O/c8-7(9)4-11-5-3-10-2-1-6(5)12/h5-7,10-12H,1-4H2/t5-,6-/m0/s1. The number of aliphatic hydroxyl groups excluding tert-OH is 1. The lowest BCUT2D eigenvalue weighted by molar-refractivity contribution is 0.0808. The molecule has 0 spiro atoms. The number of rotatable bonds is 3. The van der Waals surface area contributed by atoms with Crippen LogP contribution in [0.5, 0.6) is 0 Å². The van der Waals surface area contributed by atoms with Gasteiger partial charge < -0.3 is 15.7 Å². The predicted molar refractivity (Wildman–Crippen MR) is 41.3 cm³/mol. The van der Waals surface area contributed by atoms with E-state index in [-0.39, 0.29) is 12.6 Å². The van der Waals surface area contributed by atoms with Crippen molar-refractivity contribution in [3.8, 4) is 0 Å². The fourth-order valence-electron chi connectivity index (χ4n) is 1.29. The van der Waals surface area contributed by atoms with E-state index in [0.717, 1.165) is 6.54 Å². The van der Waals surface area contributed by atoms with Gasteiger partial charge in [0.1, 0.15) is 0 Å². The molecule has 0 saturated carbocycles. The Morgan fingerprint density at radius 2 is 2.33 bits per heavy atom. The van der Waals surface area contributed by atoms with Crippen LogP contribution in [0.1, 0.15) is 6.42 Å². The van der Waals surface area contributed by atoms with Gasteiger partial charge in [-0.05, 0) is 13.0 Å². The molecule has 3 nitrogen and oxygen atoms in total. The molecule has 5 heteroatoms. The van der Waals surface area contributed by atoms with Crippen molar-refractivity contribution in [3.63, 3.8) is 0 Å². The summed E-state index contributed by atoms with van der Waals surface area (Å²) in [7, 11) is 0. The Hall–Kier alpha value is -0.260. The Kier molecular flexibility index (Phi) is 3.84. The van der Waals surface area contributed by atoms with E-state index in [1.807, 2.05) is 0 Å². The number of halogens is 2. The van der Waals surface area contributed by atoms with Gasteiger partial charge in [-0.1, -0.05) is 0 Å². The van der Waals surface area contributed by atoms with Gasteiger partial charge in [0.2, 0.25) is 0 Å². The zero-order valence-corrected chi connectivity index (χ0v) is 6.76. The molecule has 0 aliphatic carbocycles. The van der Waals surface area contributed by atoms with E-state index in [9.17, 15) is 13.9 Å². The first-order valence-electron chi connectivity index (χ1n) is 4.10. The third-order valence-electron chi connectivity index (χ3n) is 1.98. The van der Waals surface area contributed by atoms with Gasteiger partial charge in [0.25, 0.3) is 6.43 Å². The first-order chi connectivity index (χ1) is 5.70. The van der Waals surface area contributed by atoms with E-state index in [2.05, 4.69) is 10.6 Å².